The molecule has 21 heavy (non-hydrogen) atoms. The van der Waals surface area contributed by atoms with E-state index in [4.69, 9.17) is 4.74 Å². The summed E-state index contributed by atoms with van der Waals surface area (Å²) in [7, 11) is 0. The van der Waals surface area contributed by atoms with E-state index in [9.17, 15) is 14.4 Å². The van der Waals surface area contributed by atoms with Gasteiger partial charge in [-0.15, -0.1) is 0 Å². The lowest BCUT2D eigenvalue weighted by molar-refractivity contribution is -0.132. The van der Waals surface area contributed by atoms with Crippen molar-refractivity contribution in [2.24, 2.45) is 11.8 Å². The van der Waals surface area contributed by atoms with Gasteiger partial charge in [-0.3, -0.25) is 19.3 Å². The molecule has 5 nitrogen and oxygen atoms in total. The molecule has 108 valence electrons. The number of fused-ring (bicyclic) bond motifs is 1. The number of hydrogen-bond donors (Lipinski definition) is 0. The molecule has 0 radical (unpaired) electrons. The molecule has 0 aromatic heterocycles. The number of imide groups is 1. The third-order valence-electron chi connectivity index (χ3n) is 3.86. The highest BCUT2D eigenvalue weighted by Gasteiger charge is 2.47. The summed E-state index contributed by atoms with van der Waals surface area (Å²) in [6.45, 7) is 1.32. The maximum absolute atomic E-state index is 12.4. The van der Waals surface area contributed by atoms with E-state index in [-0.39, 0.29) is 23.7 Å². The van der Waals surface area contributed by atoms with Gasteiger partial charge in [0.1, 0.15) is 5.75 Å². The normalized spacial score (nSPS) is 24.1. The predicted octanol–water partition coefficient (Wildman–Crippen LogP) is 2.07. The van der Waals surface area contributed by atoms with Gasteiger partial charge in [0.2, 0.25) is 11.8 Å². The Balaban J connectivity index is 1.85. The number of carbonyl (C=O) groups is 3. The zero-order valence-corrected chi connectivity index (χ0v) is 11.6. The maximum atomic E-state index is 12.4. The summed E-state index contributed by atoms with van der Waals surface area (Å²) in [5, 5.41) is 0. The molecule has 1 aliphatic heterocycles. The van der Waals surface area contributed by atoms with Crippen molar-refractivity contribution in [3.63, 3.8) is 0 Å². The summed E-state index contributed by atoms with van der Waals surface area (Å²) < 4.78 is 4.94. The molecule has 0 spiro atoms. The molecule has 0 unspecified atom stereocenters. The minimum atomic E-state index is -0.409. The van der Waals surface area contributed by atoms with Crippen LogP contribution in [0.15, 0.2) is 36.4 Å². The molecule has 0 saturated carbocycles. The number of esters is 1. The van der Waals surface area contributed by atoms with E-state index in [0.717, 1.165) is 0 Å². The van der Waals surface area contributed by atoms with Crippen LogP contribution in [0.25, 0.3) is 0 Å². The second-order valence-electron chi connectivity index (χ2n) is 5.26. The van der Waals surface area contributed by atoms with Crippen LogP contribution in [-0.4, -0.2) is 17.8 Å². The molecular weight excluding hydrogens is 270 g/mol. The Bertz CT molecular complexity index is 606. The molecule has 2 aliphatic rings. The van der Waals surface area contributed by atoms with E-state index in [2.05, 4.69) is 0 Å². The van der Waals surface area contributed by atoms with Gasteiger partial charge >= 0.3 is 5.97 Å². The van der Waals surface area contributed by atoms with Gasteiger partial charge in [0.05, 0.1) is 17.5 Å². The van der Waals surface area contributed by atoms with Crippen LogP contribution in [0.3, 0.4) is 0 Å². The minimum Gasteiger partial charge on any atom is -0.427 e. The second kappa shape index (κ2) is 5.16. The van der Waals surface area contributed by atoms with Crippen molar-refractivity contribution in [3.8, 4) is 5.75 Å². The average molecular weight is 285 g/mol. The lowest BCUT2D eigenvalue weighted by Crippen LogP contribution is -2.30. The van der Waals surface area contributed by atoms with Crippen molar-refractivity contribution < 1.29 is 19.1 Å². The van der Waals surface area contributed by atoms with Crippen molar-refractivity contribution in [1.29, 1.82) is 0 Å². The fourth-order valence-electron chi connectivity index (χ4n) is 2.88. The number of allylic oxidation sites excluding steroid dienone is 2. The SMILES string of the molecule is CC(=O)Oc1ccc(N2C(=O)[C@H]3CC=CC[C@@H]3C2=O)cc1. The smallest absolute Gasteiger partial charge is 0.308 e. The van der Waals surface area contributed by atoms with E-state index in [1.165, 1.54) is 11.8 Å². The van der Waals surface area contributed by atoms with Crippen LogP contribution in [-0.2, 0) is 14.4 Å². The summed E-state index contributed by atoms with van der Waals surface area (Å²) >= 11 is 0. The summed E-state index contributed by atoms with van der Waals surface area (Å²) in [6.07, 6.45) is 5.16. The molecule has 1 aromatic carbocycles. The number of anilines is 1. The highest BCUT2D eigenvalue weighted by atomic mass is 16.5. The molecule has 2 amide bonds. The van der Waals surface area contributed by atoms with Crippen molar-refractivity contribution >= 4 is 23.5 Å². The summed E-state index contributed by atoms with van der Waals surface area (Å²) in [5.41, 5.74) is 0.523. The van der Waals surface area contributed by atoms with Crippen molar-refractivity contribution in [1.82, 2.24) is 0 Å². The van der Waals surface area contributed by atoms with Crippen molar-refractivity contribution in [3.05, 3.63) is 36.4 Å². The van der Waals surface area contributed by atoms with E-state index in [1.54, 1.807) is 24.3 Å². The first-order chi connectivity index (χ1) is 10.1. The summed E-state index contributed by atoms with van der Waals surface area (Å²) in [6, 6.07) is 6.41. The van der Waals surface area contributed by atoms with Gasteiger partial charge in [-0.25, -0.2) is 0 Å². The van der Waals surface area contributed by atoms with E-state index < -0.39 is 5.97 Å². The Morgan fingerprint density at radius 3 is 2.05 bits per heavy atom. The van der Waals surface area contributed by atoms with Gasteiger partial charge in [0.25, 0.3) is 0 Å². The Hall–Kier alpha value is -2.43. The lowest BCUT2D eigenvalue weighted by atomic mass is 9.85. The third-order valence-corrected chi connectivity index (χ3v) is 3.86. The molecule has 1 aliphatic carbocycles. The number of rotatable bonds is 2. The van der Waals surface area contributed by atoms with Gasteiger partial charge in [-0.1, -0.05) is 12.2 Å². The van der Waals surface area contributed by atoms with Gasteiger partial charge in [-0.05, 0) is 37.1 Å². The molecule has 0 bridgehead atoms. The first-order valence-corrected chi connectivity index (χ1v) is 6.89. The van der Waals surface area contributed by atoms with Crippen LogP contribution >= 0.6 is 0 Å². The standard InChI is InChI=1S/C16H15NO4/c1-10(18)21-12-8-6-11(7-9-12)17-15(19)13-4-2-3-5-14(13)16(17)20/h2-3,6-9,13-14H,4-5H2,1H3/t13-,14-/m0/s1. The predicted molar refractivity (Wildman–Crippen MR) is 75.6 cm³/mol. The number of hydrogen-bond acceptors (Lipinski definition) is 4. The zero-order valence-electron chi connectivity index (χ0n) is 11.6. The summed E-state index contributed by atoms with van der Waals surface area (Å²) in [4.78, 5) is 36.9. The number of carbonyl (C=O) groups excluding carboxylic acids is 3. The van der Waals surface area contributed by atoms with Crippen molar-refractivity contribution in [2.45, 2.75) is 19.8 Å². The van der Waals surface area contributed by atoms with Gasteiger partial charge in [-0.2, -0.15) is 0 Å². The molecule has 0 N–H and O–H groups in total. The fourth-order valence-corrected chi connectivity index (χ4v) is 2.88. The van der Waals surface area contributed by atoms with Crippen molar-refractivity contribution in [2.75, 3.05) is 4.90 Å². The Morgan fingerprint density at radius 2 is 1.57 bits per heavy atom. The molecule has 3 rings (SSSR count). The van der Waals surface area contributed by atoms with E-state index >= 15 is 0 Å². The number of nitrogens with zero attached hydrogens (tertiary/aromatic N) is 1. The highest BCUT2D eigenvalue weighted by Crippen LogP contribution is 2.37. The number of benzene rings is 1. The largest absolute Gasteiger partial charge is 0.427 e. The zero-order chi connectivity index (χ0) is 15.0. The summed E-state index contributed by atoms with van der Waals surface area (Å²) in [5.74, 6) is -0.784. The topological polar surface area (TPSA) is 63.7 Å². The second-order valence-corrected chi connectivity index (χ2v) is 5.26. The van der Waals surface area contributed by atoms with E-state index in [0.29, 0.717) is 24.3 Å². The first-order valence-electron chi connectivity index (χ1n) is 6.89. The molecule has 1 aromatic rings. The Labute approximate surface area is 122 Å². The lowest BCUT2D eigenvalue weighted by Gasteiger charge is -2.15. The Kier molecular flexibility index (Phi) is 3.33. The first kappa shape index (κ1) is 13.5. The molecule has 1 fully saturated rings. The monoisotopic (exact) mass is 285 g/mol. The minimum absolute atomic E-state index is 0.144. The van der Waals surface area contributed by atoms with Gasteiger partial charge in [0, 0.05) is 6.92 Å². The quantitative estimate of drug-likeness (QED) is 0.361. The molecule has 5 heteroatoms. The number of ether oxygens (including phenoxy) is 1. The van der Waals surface area contributed by atoms with Crippen LogP contribution < -0.4 is 9.64 Å². The van der Waals surface area contributed by atoms with E-state index in [1.807, 2.05) is 12.2 Å². The highest BCUT2D eigenvalue weighted by molar-refractivity contribution is 6.22. The van der Waals surface area contributed by atoms with Crippen LogP contribution in [0.5, 0.6) is 5.75 Å². The Morgan fingerprint density at radius 1 is 1.05 bits per heavy atom. The molecular formula is C16H15NO4. The third kappa shape index (κ3) is 2.35. The maximum Gasteiger partial charge on any atom is 0.308 e. The fraction of sp³-hybridized carbons (Fsp3) is 0.312. The van der Waals surface area contributed by atoms with Crippen LogP contribution in [0.4, 0.5) is 5.69 Å². The number of amides is 2. The molecule has 2 atom stereocenters. The molecule has 1 heterocycles. The average Bonchev–Trinajstić information content (AvgIpc) is 2.72. The van der Waals surface area contributed by atoms with Gasteiger partial charge < -0.3 is 4.74 Å². The van der Waals surface area contributed by atoms with Crippen LogP contribution in [0, 0.1) is 11.8 Å². The van der Waals surface area contributed by atoms with Crippen LogP contribution in [0.2, 0.25) is 0 Å². The molecule has 1 saturated heterocycles. The van der Waals surface area contributed by atoms with Crippen LogP contribution in [0.1, 0.15) is 19.8 Å². The van der Waals surface area contributed by atoms with Gasteiger partial charge in [0.15, 0.2) is 0 Å².